The van der Waals surface area contributed by atoms with E-state index >= 15 is 0 Å². The van der Waals surface area contributed by atoms with Crippen molar-refractivity contribution in [2.45, 2.75) is 84.5 Å². The molecule has 5 rings (SSSR count). The monoisotopic (exact) mass is 590 g/mol. The lowest BCUT2D eigenvalue weighted by atomic mass is 10.1. The first-order chi connectivity index (χ1) is 20.5. The zero-order valence-electron chi connectivity index (χ0n) is 25.8. The van der Waals surface area contributed by atoms with Gasteiger partial charge in [0.05, 0.1) is 11.6 Å². The summed E-state index contributed by atoms with van der Waals surface area (Å²) < 4.78 is 14.4. The molecule has 1 N–H and O–H groups in total. The number of hydrogen-bond acceptors (Lipinski definition) is 7. The summed E-state index contributed by atoms with van der Waals surface area (Å²) in [6.07, 6.45) is 5.18. The fourth-order valence-electron chi connectivity index (χ4n) is 5.81. The number of aryl methyl sites for hydroxylation is 1. The minimum absolute atomic E-state index is 0.0604. The maximum absolute atomic E-state index is 13.4. The highest BCUT2D eigenvalue weighted by Crippen LogP contribution is 2.36. The average molecular weight is 591 g/mol. The number of nitrogens with zero attached hydrogens (tertiary/aromatic N) is 5. The van der Waals surface area contributed by atoms with E-state index in [0.717, 1.165) is 43.3 Å². The highest BCUT2D eigenvalue weighted by atomic mass is 16.6. The Morgan fingerprint density at radius 1 is 1.00 bits per heavy atom. The van der Waals surface area contributed by atoms with Gasteiger partial charge in [-0.3, -0.25) is 19.9 Å². The summed E-state index contributed by atoms with van der Waals surface area (Å²) in [5.74, 6) is 0.845. The molecular weight excluding hydrogens is 548 g/mol. The van der Waals surface area contributed by atoms with Gasteiger partial charge in [-0.05, 0) is 71.2 Å². The molecule has 2 aliphatic rings. The molecule has 0 bridgehead atoms. The molecule has 1 aromatic carbocycles. The molecular formula is C32H42N6O5. The smallest absolute Gasteiger partial charge is 0.410 e. The van der Waals surface area contributed by atoms with Gasteiger partial charge in [0.1, 0.15) is 23.0 Å². The molecule has 43 heavy (non-hydrogen) atoms. The van der Waals surface area contributed by atoms with Gasteiger partial charge >= 0.3 is 6.09 Å². The number of ether oxygens (including phenoxy) is 2. The fraction of sp³-hybridized carbons (Fsp3) is 0.531. The van der Waals surface area contributed by atoms with Gasteiger partial charge in [0.2, 0.25) is 11.9 Å². The molecule has 0 spiro atoms. The second-order valence-corrected chi connectivity index (χ2v) is 12.5. The number of carbonyl (C=O) groups excluding carboxylic acids is 3. The first-order valence-electron chi connectivity index (χ1n) is 15.1. The molecule has 11 nitrogen and oxygen atoms in total. The maximum Gasteiger partial charge on any atom is 0.410 e. The highest BCUT2D eigenvalue weighted by molar-refractivity contribution is 6.04. The van der Waals surface area contributed by atoms with Crippen LogP contribution in [0.3, 0.4) is 0 Å². The Kier molecular flexibility index (Phi) is 8.89. The summed E-state index contributed by atoms with van der Waals surface area (Å²) in [4.78, 5) is 51.1. The number of amides is 3. The van der Waals surface area contributed by atoms with Gasteiger partial charge in [-0.1, -0.05) is 6.07 Å². The molecule has 3 amide bonds. The number of aromatic nitrogens is 3. The number of rotatable bonds is 5. The van der Waals surface area contributed by atoms with Crippen molar-refractivity contribution in [3.8, 4) is 5.75 Å². The molecule has 0 aliphatic carbocycles. The van der Waals surface area contributed by atoms with E-state index in [1.165, 1.54) is 0 Å². The number of likely N-dealkylation sites (tertiary alicyclic amines) is 2. The predicted octanol–water partition coefficient (Wildman–Crippen LogP) is 5.34. The minimum Gasteiger partial charge on any atom is -0.488 e. The summed E-state index contributed by atoms with van der Waals surface area (Å²) in [5.41, 5.74) is 2.07. The zero-order chi connectivity index (χ0) is 30.7. The SMILES string of the molecule is CC(=O)N1CCC(Oc2cccc3nc(NC(=O)c4ccnc(C)c4)n([C@@H]4CCCCN(C(=O)OC(C)(C)C)C4)c23)CC1. The zero-order valence-corrected chi connectivity index (χ0v) is 25.8. The van der Waals surface area contributed by atoms with E-state index in [4.69, 9.17) is 14.5 Å². The van der Waals surface area contributed by atoms with Crippen molar-refractivity contribution in [1.82, 2.24) is 24.3 Å². The van der Waals surface area contributed by atoms with Crippen LogP contribution in [0.4, 0.5) is 10.7 Å². The van der Waals surface area contributed by atoms with E-state index < -0.39 is 5.60 Å². The fourth-order valence-corrected chi connectivity index (χ4v) is 5.81. The summed E-state index contributed by atoms with van der Waals surface area (Å²) >= 11 is 0. The lowest BCUT2D eigenvalue weighted by molar-refractivity contribution is -0.130. The summed E-state index contributed by atoms with van der Waals surface area (Å²) in [6, 6.07) is 8.97. The van der Waals surface area contributed by atoms with Crippen molar-refractivity contribution < 1.29 is 23.9 Å². The number of nitrogens with one attached hydrogen (secondary N) is 1. The maximum atomic E-state index is 13.4. The van der Waals surface area contributed by atoms with Crippen molar-refractivity contribution in [3.63, 3.8) is 0 Å². The predicted molar refractivity (Wildman–Crippen MR) is 163 cm³/mol. The van der Waals surface area contributed by atoms with Crippen molar-refractivity contribution in [1.29, 1.82) is 0 Å². The number of benzene rings is 1. The quantitative estimate of drug-likeness (QED) is 0.426. The van der Waals surface area contributed by atoms with Gasteiger partial charge in [0.25, 0.3) is 5.91 Å². The number of pyridine rings is 1. The number of hydrogen-bond donors (Lipinski definition) is 1. The molecule has 3 aromatic rings. The minimum atomic E-state index is -0.610. The molecule has 2 saturated heterocycles. The third-order valence-electron chi connectivity index (χ3n) is 7.90. The van der Waals surface area contributed by atoms with Crippen molar-refractivity contribution in [2.75, 3.05) is 31.5 Å². The van der Waals surface area contributed by atoms with Gasteiger partial charge < -0.3 is 23.8 Å². The third-order valence-corrected chi connectivity index (χ3v) is 7.90. The average Bonchev–Trinajstić information content (AvgIpc) is 3.13. The number of piperidine rings is 1. The first-order valence-corrected chi connectivity index (χ1v) is 15.1. The van der Waals surface area contributed by atoms with E-state index in [1.54, 1.807) is 30.2 Å². The summed E-state index contributed by atoms with van der Waals surface area (Å²) in [6.45, 7) is 11.3. The number of carbonyl (C=O) groups is 3. The number of para-hydroxylation sites is 1. The summed E-state index contributed by atoms with van der Waals surface area (Å²) in [7, 11) is 0. The van der Waals surface area contributed by atoms with Gasteiger partial charge in [-0.15, -0.1) is 0 Å². The Morgan fingerprint density at radius 2 is 1.77 bits per heavy atom. The van der Waals surface area contributed by atoms with Crippen LogP contribution in [0.2, 0.25) is 0 Å². The van der Waals surface area contributed by atoms with E-state index in [-0.39, 0.29) is 30.1 Å². The molecule has 0 saturated carbocycles. The third kappa shape index (κ3) is 7.26. The molecule has 1 atom stereocenters. The number of anilines is 1. The Morgan fingerprint density at radius 3 is 2.47 bits per heavy atom. The van der Waals surface area contributed by atoms with Crippen LogP contribution >= 0.6 is 0 Å². The van der Waals surface area contributed by atoms with E-state index in [9.17, 15) is 14.4 Å². The van der Waals surface area contributed by atoms with Gasteiger partial charge in [0.15, 0.2) is 0 Å². The summed E-state index contributed by atoms with van der Waals surface area (Å²) in [5, 5.41) is 3.04. The molecule has 2 aliphatic heterocycles. The van der Waals surface area contributed by atoms with Gasteiger partial charge in [-0.2, -0.15) is 0 Å². The molecule has 4 heterocycles. The lowest BCUT2D eigenvalue weighted by Gasteiger charge is -2.32. The van der Waals surface area contributed by atoms with E-state index in [2.05, 4.69) is 10.3 Å². The second-order valence-electron chi connectivity index (χ2n) is 12.5. The van der Waals surface area contributed by atoms with Crippen LogP contribution in [0, 0.1) is 6.92 Å². The Hall–Kier alpha value is -4.15. The van der Waals surface area contributed by atoms with Crippen LogP contribution in [-0.2, 0) is 9.53 Å². The van der Waals surface area contributed by atoms with E-state index in [1.807, 2.05) is 55.4 Å². The number of imidazole rings is 1. The van der Waals surface area contributed by atoms with Gasteiger partial charge in [-0.25, -0.2) is 9.78 Å². The van der Waals surface area contributed by atoms with Crippen LogP contribution in [0.5, 0.6) is 5.75 Å². The second kappa shape index (κ2) is 12.6. The molecule has 2 fully saturated rings. The van der Waals surface area contributed by atoms with Crippen molar-refractivity contribution in [2.24, 2.45) is 0 Å². The van der Waals surface area contributed by atoms with Crippen molar-refractivity contribution >= 4 is 34.9 Å². The molecule has 11 heteroatoms. The Bertz CT molecular complexity index is 1490. The molecule has 0 unspecified atom stereocenters. The van der Waals surface area contributed by atoms with Crippen LogP contribution in [0.1, 0.15) is 81.9 Å². The van der Waals surface area contributed by atoms with Crippen LogP contribution < -0.4 is 10.1 Å². The molecule has 0 radical (unpaired) electrons. The van der Waals surface area contributed by atoms with Gasteiger partial charge in [0, 0.05) is 63.4 Å². The van der Waals surface area contributed by atoms with Crippen LogP contribution in [-0.4, -0.2) is 80.1 Å². The van der Waals surface area contributed by atoms with Crippen LogP contribution in [0.15, 0.2) is 36.5 Å². The molecule has 230 valence electrons. The largest absolute Gasteiger partial charge is 0.488 e. The molecule has 2 aromatic heterocycles. The first kappa shape index (κ1) is 30.3. The Balaban J connectivity index is 1.52. The topological polar surface area (TPSA) is 119 Å². The van der Waals surface area contributed by atoms with Crippen LogP contribution in [0.25, 0.3) is 11.0 Å². The van der Waals surface area contributed by atoms with E-state index in [0.29, 0.717) is 49.0 Å². The normalized spacial score (nSPS) is 18.3. The standard InChI is InChI=1S/C32H42N6O5/c1-21-19-23(12-15-33-21)29(40)35-30-34-26-10-8-11-27(42-25-13-17-36(18-14-25)22(2)39)28(26)38(30)24-9-6-7-16-37(20-24)31(41)43-32(3,4)5/h8,10-12,15,19,24-25H,6-7,9,13-14,16-18,20H2,1-5H3,(H,34,35,40)/t24-/m1/s1. The number of fused-ring (bicyclic) bond motifs is 1. The van der Waals surface area contributed by atoms with Crippen molar-refractivity contribution in [3.05, 3.63) is 47.8 Å². The highest BCUT2D eigenvalue weighted by Gasteiger charge is 2.31. The Labute approximate surface area is 252 Å². The lowest BCUT2D eigenvalue weighted by Crippen LogP contribution is -2.40.